The van der Waals surface area contributed by atoms with E-state index in [1.165, 1.54) is 6.42 Å². The molecule has 0 saturated heterocycles. The first-order valence-electron chi connectivity index (χ1n) is 7.24. The summed E-state index contributed by atoms with van der Waals surface area (Å²) in [5.41, 5.74) is 6.03. The lowest BCUT2D eigenvalue weighted by Gasteiger charge is -2.19. The van der Waals surface area contributed by atoms with Crippen molar-refractivity contribution < 1.29 is 19.0 Å². The minimum absolute atomic E-state index is 0.0343. The average Bonchev–Trinajstić information content (AvgIpc) is 2.62. The van der Waals surface area contributed by atoms with Crippen molar-refractivity contribution in [1.82, 2.24) is 0 Å². The molecule has 5 heteroatoms. The molecule has 0 aromatic carbocycles. The van der Waals surface area contributed by atoms with Crippen molar-refractivity contribution in [2.24, 2.45) is 11.7 Å². The van der Waals surface area contributed by atoms with E-state index in [0.29, 0.717) is 26.4 Å². The van der Waals surface area contributed by atoms with Crippen molar-refractivity contribution in [3.8, 4) is 0 Å². The molecule has 0 aliphatic heterocycles. The molecule has 1 fully saturated rings. The summed E-state index contributed by atoms with van der Waals surface area (Å²) in [6.07, 6.45) is 5.89. The Morgan fingerprint density at radius 2 is 1.89 bits per heavy atom. The van der Waals surface area contributed by atoms with Crippen LogP contribution in [0.15, 0.2) is 0 Å². The molecule has 2 unspecified atom stereocenters. The van der Waals surface area contributed by atoms with Crippen LogP contribution >= 0.6 is 0 Å². The number of hydrogen-bond acceptors (Lipinski definition) is 5. The summed E-state index contributed by atoms with van der Waals surface area (Å²) in [6.45, 7) is 2.18. The molecule has 112 valence electrons. The van der Waals surface area contributed by atoms with Gasteiger partial charge in [-0.25, -0.2) is 0 Å². The zero-order valence-electron chi connectivity index (χ0n) is 11.9. The highest BCUT2D eigenvalue weighted by molar-refractivity contribution is 5.73. The Kier molecular flexibility index (Phi) is 8.79. The molecule has 5 nitrogen and oxygen atoms in total. The van der Waals surface area contributed by atoms with Crippen LogP contribution in [0.3, 0.4) is 0 Å². The van der Waals surface area contributed by atoms with E-state index < -0.39 is 0 Å². The Balaban J connectivity index is 2.09. The Morgan fingerprint density at radius 1 is 1.11 bits per heavy atom. The van der Waals surface area contributed by atoms with E-state index >= 15 is 0 Å². The number of nitrogens with two attached hydrogens (primary N) is 1. The van der Waals surface area contributed by atoms with Gasteiger partial charge in [0.05, 0.1) is 25.7 Å². The number of carbonyl (C=O) groups excluding carboxylic acids is 1. The predicted molar refractivity (Wildman–Crippen MR) is 72.8 cm³/mol. The quantitative estimate of drug-likeness (QED) is 0.412. The highest BCUT2D eigenvalue weighted by Gasteiger charge is 2.28. The highest BCUT2D eigenvalue weighted by Crippen LogP contribution is 2.23. The minimum atomic E-state index is -0.133. The van der Waals surface area contributed by atoms with Crippen molar-refractivity contribution in [1.29, 1.82) is 0 Å². The second-order valence-electron chi connectivity index (χ2n) is 5.03. The summed E-state index contributed by atoms with van der Waals surface area (Å²) >= 11 is 0. The second-order valence-corrected chi connectivity index (χ2v) is 5.03. The van der Waals surface area contributed by atoms with Crippen LogP contribution in [0, 0.1) is 5.92 Å². The number of carbonyl (C=O) groups is 1. The normalized spacial score (nSPS) is 23.9. The van der Waals surface area contributed by atoms with Gasteiger partial charge in [0, 0.05) is 26.2 Å². The maximum atomic E-state index is 11.9. The van der Waals surface area contributed by atoms with Gasteiger partial charge in [-0.3, -0.25) is 4.79 Å². The summed E-state index contributed by atoms with van der Waals surface area (Å²) in [5.74, 6) is -0.247. The third-order valence-electron chi connectivity index (χ3n) is 3.48. The minimum Gasteiger partial charge on any atom is -0.465 e. The molecule has 1 rings (SSSR count). The third-order valence-corrected chi connectivity index (χ3v) is 3.48. The molecule has 1 saturated carbocycles. The number of rotatable bonds is 8. The van der Waals surface area contributed by atoms with Gasteiger partial charge in [0.2, 0.25) is 0 Å². The predicted octanol–water partition coefficient (Wildman–Crippen LogP) is 1.49. The van der Waals surface area contributed by atoms with Crippen LogP contribution in [0.5, 0.6) is 0 Å². The number of esters is 1. The fourth-order valence-electron chi connectivity index (χ4n) is 2.31. The van der Waals surface area contributed by atoms with E-state index in [0.717, 1.165) is 32.1 Å². The molecule has 2 atom stereocenters. The summed E-state index contributed by atoms with van der Waals surface area (Å²) in [5, 5.41) is 0. The summed E-state index contributed by atoms with van der Waals surface area (Å²) in [6, 6.07) is -0.0343. The van der Waals surface area contributed by atoms with Gasteiger partial charge in [-0.2, -0.15) is 0 Å². The van der Waals surface area contributed by atoms with Gasteiger partial charge in [-0.15, -0.1) is 0 Å². The molecule has 0 bridgehead atoms. The van der Waals surface area contributed by atoms with Gasteiger partial charge in [0.25, 0.3) is 0 Å². The first-order valence-corrected chi connectivity index (χ1v) is 7.24. The van der Waals surface area contributed by atoms with Gasteiger partial charge in [0.1, 0.15) is 0 Å². The monoisotopic (exact) mass is 273 g/mol. The standard InChI is InChI=1S/C14H27NO4/c1-17-10-11-18-8-5-9-19-14(16)12-6-3-2-4-7-13(12)15/h12-13H,2-11,15H2,1H3. The van der Waals surface area contributed by atoms with Gasteiger partial charge in [-0.1, -0.05) is 19.3 Å². The Labute approximate surface area is 115 Å². The molecular weight excluding hydrogens is 246 g/mol. The number of methoxy groups -OCH3 is 1. The molecule has 0 spiro atoms. The first-order chi connectivity index (χ1) is 9.25. The fraction of sp³-hybridized carbons (Fsp3) is 0.929. The third kappa shape index (κ3) is 6.89. The maximum absolute atomic E-state index is 11.9. The van der Waals surface area contributed by atoms with Crippen LogP contribution in [0.25, 0.3) is 0 Å². The van der Waals surface area contributed by atoms with Crippen LogP contribution in [0.4, 0.5) is 0 Å². The number of ether oxygens (including phenoxy) is 3. The Bertz CT molecular complexity index is 248. The zero-order valence-corrected chi connectivity index (χ0v) is 11.9. The SMILES string of the molecule is COCCOCCCOC(=O)C1CCCCCC1N. The lowest BCUT2D eigenvalue weighted by Crippen LogP contribution is -2.35. The van der Waals surface area contributed by atoms with Gasteiger partial charge in [-0.05, 0) is 12.8 Å². The van der Waals surface area contributed by atoms with Crippen molar-refractivity contribution in [2.75, 3.05) is 33.5 Å². The number of hydrogen-bond donors (Lipinski definition) is 1. The summed E-state index contributed by atoms with van der Waals surface area (Å²) < 4.78 is 15.5. The van der Waals surface area contributed by atoms with E-state index in [-0.39, 0.29) is 17.9 Å². The van der Waals surface area contributed by atoms with Crippen LogP contribution in [-0.4, -0.2) is 45.5 Å². The molecule has 0 aromatic heterocycles. The van der Waals surface area contributed by atoms with E-state index in [1.807, 2.05) is 0 Å². The van der Waals surface area contributed by atoms with Crippen molar-refractivity contribution >= 4 is 5.97 Å². The molecular formula is C14H27NO4. The maximum Gasteiger partial charge on any atom is 0.310 e. The molecule has 2 N–H and O–H groups in total. The molecule has 0 amide bonds. The van der Waals surface area contributed by atoms with Crippen LogP contribution in [0.1, 0.15) is 38.5 Å². The molecule has 1 aliphatic carbocycles. The second kappa shape index (κ2) is 10.2. The molecule has 0 radical (unpaired) electrons. The molecule has 19 heavy (non-hydrogen) atoms. The van der Waals surface area contributed by atoms with Crippen molar-refractivity contribution in [3.63, 3.8) is 0 Å². The molecule has 1 aliphatic rings. The van der Waals surface area contributed by atoms with E-state index in [1.54, 1.807) is 7.11 Å². The van der Waals surface area contributed by atoms with Crippen LogP contribution in [0.2, 0.25) is 0 Å². The lowest BCUT2D eigenvalue weighted by atomic mass is 9.96. The van der Waals surface area contributed by atoms with E-state index in [9.17, 15) is 4.79 Å². The average molecular weight is 273 g/mol. The smallest absolute Gasteiger partial charge is 0.310 e. The van der Waals surface area contributed by atoms with E-state index in [2.05, 4.69) is 0 Å². The van der Waals surface area contributed by atoms with Gasteiger partial charge >= 0.3 is 5.97 Å². The largest absolute Gasteiger partial charge is 0.465 e. The molecule has 0 heterocycles. The van der Waals surface area contributed by atoms with Crippen LogP contribution < -0.4 is 5.73 Å². The fourth-order valence-corrected chi connectivity index (χ4v) is 2.31. The van der Waals surface area contributed by atoms with Crippen molar-refractivity contribution in [3.05, 3.63) is 0 Å². The Hall–Kier alpha value is -0.650. The van der Waals surface area contributed by atoms with Crippen LogP contribution in [-0.2, 0) is 19.0 Å². The Morgan fingerprint density at radius 3 is 2.68 bits per heavy atom. The topological polar surface area (TPSA) is 70.8 Å². The zero-order chi connectivity index (χ0) is 13.9. The lowest BCUT2D eigenvalue weighted by molar-refractivity contribution is -0.149. The highest BCUT2D eigenvalue weighted by atomic mass is 16.5. The summed E-state index contributed by atoms with van der Waals surface area (Å²) in [7, 11) is 1.64. The van der Waals surface area contributed by atoms with E-state index in [4.69, 9.17) is 19.9 Å². The first kappa shape index (κ1) is 16.4. The molecule has 0 aromatic rings. The van der Waals surface area contributed by atoms with Gasteiger partial charge < -0.3 is 19.9 Å². The van der Waals surface area contributed by atoms with Gasteiger partial charge in [0.15, 0.2) is 0 Å². The summed E-state index contributed by atoms with van der Waals surface area (Å²) in [4.78, 5) is 11.9. The van der Waals surface area contributed by atoms with Crippen molar-refractivity contribution in [2.45, 2.75) is 44.6 Å².